The minimum Gasteiger partial charge on any atom is -0.489 e. The highest BCUT2D eigenvalue weighted by molar-refractivity contribution is 6.48. The molecule has 1 aliphatic rings. The molecule has 2 aromatic carbocycles. The van der Waals surface area contributed by atoms with Crippen LogP contribution in [0.25, 0.3) is 33.0 Å². The third-order valence-electron chi connectivity index (χ3n) is 8.76. The van der Waals surface area contributed by atoms with E-state index in [1.807, 2.05) is 110 Å². The Morgan fingerprint density at radius 2 is 1.22 bits per heavy atom. The number of hydrogen-bond donors (Lipinski definition) is 0. The molecule has 0 saturated heterocycles. The Morgan fingerprint density at radius 1 is 0.761 bits per heavy atom. The molecule has 7 nitrogen and oxygen atoms in total. The van der Waals surface area contributed by atoms with Crippen LogP contribution in [0.2, 0.25) is 0 Å². The molecule has 0 N–H and O–H groups in total. The van der Waals surface area contributed by atoms with Crippen LogP contribution in [0.5, 0.6) is 0 Å². The Labute approximate surface area is 270 Å². The zero-order valence-electron chi connectivity index (χ0n) is 27.6. The van der Waals surface area contributed by atoms with E-state index in [-0.39, 0.29) is 29.3 Å². The predicted octanol–water partition coefficient (Wildman–Crippen LogP) is 8.48. The van der Waals surface area contributed by atoms with Gasteiger partial charge in [-0.25, -0.2) is 0 Å². The van der Waals surface area contributed by atoms with Gasteiger partial charge in [-0.05, 0) is 46.2 Å². The van der Waals surface area contributed by atoms with Crippen molar-refractivity contribution in [3.05, 3.63) is 109 Å². The maximum absolute atomic E-state index is 14.8. The number of ether oxygens (including phenoxy) is 2. The summed E-state index contributed by atoms with van der Waals surface area (Å²) in [4.78, 5) is 42.2. The van der Waals surface area contributed by atoms with Gasteiger partial charge in [0, 0.05) is 52.3 Å². The van der Waals surface area contributed by atoms with E-state index in [1.165, 1.54) is 6.92 Å². The number of Topliss-reactive ketones (excluding diaryl/α,β-unsaturated/α-hetero) is 2. The first-order valence-electron chi connectivity index (χ1n) is 15.8. The fourth-order valence-electron chi connectivity index (χ4n) is 5.96. The number of aromatic nitrogens is 2. The molecule has 5 rings (SSSR count). The fourth-order valence-corrected chi connectivity index (χ4v) is 5.96. The number of rotatable bonds is 12. The molecule has 2 aromatic heterocycles. The standard InChI is InChI=1S/C39H42N2O5/c1-9-12-17-22-45-36-32(28-23-40(38(5,6)10-2)30-20-15-13-18-26(28)30)35(44)37(46-25(4)42)33(34(36)43)29-24-41(39(7,8)11-3)31-21-16-14-19-27(29)31/h10-11,13-16,18-21,23-24H,2-3,9,12,17,22H2,1,4-8H3. The van der Waals surface area contributed by atoms with Crippen molar-refractivity contribution in [3.63, 3.8) is 0 Å². The Balaban J connectivity index is 1.83. The summed E-state index contributed by atoms with van der Waals surface area (Å²) in [5.74, 6) is -2.17. The van der Waals surface area contributed by atoms with Gasteiger partial charge in [0.15, 0.2) is 11.5 Å². The van der Waals surface area contributed by atoms with Crippen LogP contribution < -0.4 is 0 Å². The number of unbranched alkanes of at least 4 members (excludes halogenated alkanes) is 2. The zero-order chi connectivity index (χ0) is 33.4. The predicted molar refractivity (Wildman–Crippen MR) is 184 cm³/mol. The van der Waals surface area contributed by atoms with Crippen molar-refractivity contribution in [2.24, 2.45) is 0 Å². The number of fused-ring (bicyclic) bond motifs is 2. The molecule has 0 unspecified atom stereocenters. The topological polar surface area (TPSA) is 79.5 Å². The summed E-state index contributed by atoms with van der Waals surface area (Å²) in [6, 6.07) is 15.3. The number of carbonyl (C=O) groups is 3. The molecule has 0 fully saturated rings. The minimum atomic E-state index is -0.703. The molecule has 4 aromatic rings. The number of carbonyl (C=O) groups excluding carboxylic acids is 3. The van der Waals surface area contributed by atoms with Crippen molar-refractivity contribution in [1.82, 2.24) is 9.13 Å². The molecule has 0 radical (unpaired) electrons. The normalized spacial score (nSPS) is 14.4. The van der Waals surface area contributed by atoms with Gasteiger partial charge < -0.3 is 18.6 Å². The second-order valence-corrected chi connectivity index (χ2v) is 12.8. The van der Waals surface area contributed by atoms with Gasteiger partial charge in [0.05, 0.1) is 28.8 Å². The van der Waals surface area contributed by atoms with Gasteiger partial charge in [-0.2, -0.15) is 0 Å². The van der Waals surface area contributed by atoms with E-state index in [2.05, 4.69) is 20.1 Å². The van der Waals surface area contributed by atoms with Crippen LogP contribution in [0.4, 0.5) is 0 Å². The second kappa shape index (κ2) is 12.5. The molecule has 1 aliphatic carbocycles. The molecule has 7 heteroatoms. The molecule has 238 valence electrons. The average molecular weight is 619 g/mol. The Bertz CT molecular complexity index is 1960. The smallest absolute Gasteiger partial charge is 0.308 e. The summed E-state index contributed by atoms with van der Waals surface area (Å²) in [6.45, 7) is 19.7. The molecule has 0 atom stereocenters. The zero-order valence-corrected chi connectivity index (χ0v) is 27.6. The molecule has 0 bridgehead atoms. The Hall–Kier alpha value is -4.91. The first-order chi connectivity index (χ1) is 21.9. The number of nitrogens with zero attached hydrogens (tertiary/aromatic N) is 2. The molecular formula is C39H42N2O5. The largest absolute Gasteiger partial charge is 0.489 e. The Morgan fingerprint density at radius 3 is 1.67 bits per heavy atom. The van der Waals surface area contributed by atoms with Gasteiger partial charge in [-0.1, -0.05) is 68.3 Å². The van der Waals surface area contributed by atoms with E-state index < -0.39 is 28.6 Å². The quantitative estimate of drug-likeness (QED) is 0.0689. The lowest BCUT2D eigenvalue weighted by molar-refractivity contribution is -0.139. The van der Waals surface area contributed by atoms with E-state index in [9.17, 15) is 14.4 Å². The van der Waals surface area contributed by atoms with Crippen LogP contribution in [0.1, 0.15) is 71.9 Å². The number of esters is 1. The van der Waals surface area contributed by atoms with Gasteiger partial charge in [0.1, 0.15) is 0 Å². The van der Waals surface area contributed by atoms with Gasteiger partial charge in [0.25, 0.3) is 0 Å². The van der Waals surface area contributed by atoms with Crippen LogP contribution >= 0.6 is 0 Å². The van der Waals surface area contributed by atoms with E-state index >= 15 is 0 Å². The van der Waals surface area contributed by atoms with Crippen LogP contribution in [-0.2, 0) is 34.9 Å². The minimum absolute atomic E-state index is 0.000543. The first-order valence-corrected chi connectivity index (χ1v) is 15.8. The SMILES string of the molecule is C=CC(C)(C)n1cc(C2=C(OCCCCC)C(=O)C(c3cn(C(C)(C)C=C)c4ccccc34)=C(OC(C)=O)C2=O)c2ccccc21. The summed E-state index contributed by atoms with van der Waals surface area (Å²) in [7, 11) is 0. The van der Waals surface area contributed by atoms with Crippen molar-refractivity contribution < 1.29 is 23.9 Å². The highest BCUT2D eigenvalue weighted by Crippen LogP contribution is 2.43. The first kappa shape index (κ1) is 32.5. The average Bonchev–Trinajstić information content (AvgIpc) is 3.62. The molecule has 0 saturated carbocycles. The highest BCUT2D eigenvalue weighted by atomic mass is 16.5. The fraction of sp³-hybridized carbons (Fsp3) is 0.308. The number of benzene rings is 2. The van der Waals surface area contributed by atoms with E-state index in [1.54, 1.807) is 0 Å². The van der Waals surface area contributed by atoms with E-state index in [0.717, 1.165) is 34.6 Å². The summed E-state index contributed by atoms with van der Waals surface area (Å²) < 4.78 is 16.0. The molecule has 46 heavy (non-hydrogen) atoms. The van der Waals surface area contributed by atoms with Gasteiger partial charge >= 0.3 is 5.97 Å². The highest BCUT2D eigenvalue weighted by Gasteiger charge is 2.42. The number of para-hydroxylation sites is 2. The maximum atomic E-state index is 14.8. The second-order valence-electron chi connectivity index (χ2n) is 12.8. The summed E-state index contributed by atoms with van der Waals surface area (Å²) in [6.07, 6.45) is 9.92. The third-order valence-corrected chi connectivity index (χ3v) is 8.76. The van der Waals surface area contributed by atoms with E-state index in [4.69, 9.17) is 9.47 Å². The number of ketones is 2. The van der Waals surface area contributed by atoms with Crippen LogP contribution in [0, 0.1) is 0 Å². The van der Waals surface area contributed by atoms with Gasteiger partial charge in [-0.3, -0.25) is 14.4 Å². The summed E-state index contributed by atoms with van der Waals surface area (Å²) >= 11 is 0. The Kier molecular flexibility index (Phi) is 8.81. The van der Waals surface area contributed by atoms with E-state index in [0.29, 0.717) is 17.5 Å². The van der Waals surface area contributed by atoms with Gasteiger partial charge in [-0.15, -0.1) is 13.2 Å². The van der Waals surface area contributed by atoms with Crippen molar-refractivity contribution in [3.8, 4) is 0 Å². The maximum Gasteiger partial charge on any atom is 0.308 e. The molecular weight excluding hydrogens is 576 g/mol. The lowest BCUT2D eigenvalue weighted by Gasteiger charge is -2.25. The molecule has 0 spiro atoms. The van der Waals surface area contributed by atoms with Gasteiger partial charge in [0.2, 0.25) is 11.6 Å². The summed E-state index contributed by atoms with van der Waals surface area (Å²) in [5, 5.41) is 1.49. The number of hydrogen-bond acceptors (Lipinski definition) is 5. The van der Waals surface area contributed by atoms with Crippen LogP contribution in [0.3, 0.4) is 0 Å². The third kappa shape index (κ3) is 5.55. The van der Waals surface area contributed by atoms with Crippen LogP contribution in [0.15, 0.2) is 97.8 Å². The van der Waals surface area contributed by atoms with Crippen LogP contribution in [-0.4, -0.2) is 33.3 Å². The number of allylic oxidation sites excluding steroid dienone is 4. The lowest BCUT2D eigenvalue weighted by Crippen LogP contribution is -2.27. The van der Waals surface area contributed by atoms with Crippen molar-refractivity contribution in [1.29, 1.82) is 0 Å². The molecule has 0 amide bonds. The molecule has 2 heterocycles. The monoisotopic (exact) mass is 618 g/mol. The lowest BCUT2D eigenvalue weighted by atomic mass is 9.85. The van der Waals surface area contributed by atoms with Crippen molar-refractivity contribution >= 4 is 50.5 Å². The summed E-state index contributed by atoms with van der Waals surface area (Å²) in [5.41, 5.74) is 1.73. The van der Waals surface area contributed by atoms with Crippen molar-refractivity contribution in [2.75, 3.05) is 6.61 Å². The molecule has 0 aliphatic heterocycles. The van der Waals surface area contributed by atoms with Crippen molar-refractivity contribution in [2.45, 2.75) is 71.9 Å².